The smallest absolute Gasteiger partial charge is 0.340 e. The number of pyridine rings is 1. The Morgan fingerprint density at radius 1 is 1.00 bits per heavy atom. The summed E-state index contributed by atoms with van der Waals surface area (Å²) in [5, 5.41) is 3.27. The number of aromatic nitrogens is 1. The third-order valence-corrected chi connectivity index (χ3v) is 6.07. The lowest BCUT2D eigenvalue weighted by molar-refractivity contribution is -0.121. The Morgan fingerprint density at radius 3 is 2.27 bits per heavy atom. The van der Waals surface area contributed by atoms with Crippen LogP contribution in [-0.2, 0) is 9.53 Å². The third-order valence-electron chi connectivity index (χ3n) is 4.94. The molecule has 30 heavy (non-hydrogen) atoms. The first kappa shape index (κ1) is 18.7. The normalized spacial score (nSPS) is 14.5. The highest BCUT2D eigenvalue weighted by Crippen LogP contribution is 2.47. The molecule has 0 spiro atoms. The van der Waals surface area contributed by atoms with E-state index in [9.17, 15) is 9.59 Å². The SMILES string of the molecule is O=C(OCC(=O)N1c2ccccc2Sc2ccccc21)c1ccc(NC2CC2)nc1. The molecule has 0 bridgehead atoms. The molecule has 0 radical (unpaired) electrons. The van der Waals surface area contributed by atoms with Gasteiger partial charge >= 0.3 is 5.97 Å². The molecule has 2 aliphatic rings. The van der Waals surface area contributed by atoms with Gasteiger partial charge in [-0.3, -0.25) is 9.69 Å². The maximum atomic E-state index is 13.1. The summed E-state index contributed by atoms with van der Waals surface area (Å²) in [4.78, 5) is 33.3. The van der Waals surface area contributed by atoms with Crippen LogP contribution in [0.2, 0.25) is 0 Å². The van der Waals surface area contributed by atoms with Gasteiger partial charge in [-0.25, -0.2) is 9.78 Å². The Kier molecular flexibility index (Phi) is 4.88. The summed E-state index contributed by atoms with van der Waals surface area (Å²) in [6.07, 6.45) is 3.77. The van der Waals surface area contributed by atoms with Gasteiger partial charge in [0.1, 0.15) is 5.82 Å². The van der Waals surface area contributed by atoms with Gasteiger partial charge in [-0.1, -0.05) is 36.0 Å². The van der Waals surface area contributed by atoms with E-state index in [1.54, 1.807) is 28.8 Å². The molecule has 0 saturated heterocycles. The molecule has 2 heterocycles. The van der Waals surface area contributed by atoms with Crippen LogP contribution in [0, 0.1) is 0 Å². The average Bonchev–Trinajstić information content (AvgIpc) is 3.60. The molecule has 150 valence electrons. The van der Waals surface area contributed by atoms with Gasteiger partial charge in [0.2, 0.25) is 0 Å². The predicted octanol–water partition coefficient (Wildman–Crippen LogP) is 4.64. The van der Waals surface area contributed by atoms with Crippen LogP contribution in [0.15, 0.2) is 76.7 Å². The second-order valence-electron chi connectivity index (χ2n) is 7.19. The largest absolute Gasteiger partial charge is 0.452 e. The zero-order valence-corrected chi connectivity index (χ0v) is 16.9. The van der Waals surface area contributed by atoms with Gasteiger partial charge in [0.05, 0.1) is 16.9 Å². The number of hydrogen-bond acceptors (Lipinski definition) is 6. The Morgan fingerprint density at radius 2 is 1.67 bits per heavy atom. The molecule has 3 aromatic rings. The van der Waals surface area contributed by atoms with Gasteiger partial charge in [0, 0.05) is 22.0 Å². The minimum Gasteiger partial charge on any atom is -0.452 e. The van der Waals surface area contributed by atoms with E-state index >= 15 is 0 Å². The van der Waals surface area contributed by atoms with Crippen LogP contribution < -0.4 is 10.2 Å². The summed E-state index contributed by atoms with van der Waals surface area (Å²) in [5.41, 5.74) is 1.90. The molecule has 1 aliphatic carbocycles. The molecule has 1 N–H and O–H groups in total. The zero-order valence-electron chi connectivity index (χ0n) is 16.1. The number of carbonyl (C=O) groups excluding carboxylic acids is 2. The minimum absolute atomic E-state index is 0.302. The molecule has 0 atom stereocenters. The van der Waals surface area contributed by atoms with Crippen LogP contribution in [0.3, 0.4) is 0 Å². The minimum atomic E-state index is -0.568. The molecule has 1 aromatic heterocycles. The van der Waals surface area contributed by atoms with Crippen molar-refractivity contribution in [3.05, 3.63) is 72.4 Å². The molecule has 0 unspecified atom stereocenters. The Labute approximate surface area is 178 Å². The van der Waals surface area contributed by atoms with Crippen molar-refractivity contribution < 1.29 is 14.3 Å². The van der Waals surface area contributed by atoms with Gasteiger partial charge in [-0.2, -0.15) is 0 Å². The number of esters is 1. The fraction of sp³-hybridized carbons (Fsp3) is 0.174. The van der Waals surface area contributed by atoms with Gasteiger partial charge in [0.15, 0.2) is 6.61 Å². The molecular formula is C23H19N3O3S. The van der Waals surface area contributed by atoms with Gasteiger partial charge in [0.25, 0.3) is 5.91 Å². The monoisotopic (exact) mass is 417 g/mol. The van der Waals surface area contributed by atoms with E-state index < -0.39 is 5.97 Å². The van der Waals surface area contributed by atoms with Crippen LogP contribution in [-0.4, -0.2) is 29.5 Å². The Bertz CT molecular complexity index is 1070. The van der Waals surface area contributed by atoms with Gasteiger partial charge in [-0.15, -0.1) is 0 Å². The fourth-order valence-corrected chi connectivity index (χ4v) is 4.34. The number of benzene rings is 2. The van der Waals surface area contributed by atoms with E-state index in [2.05, 4.69) is 10.3 Å². The van der Waals surface area contributed by atoms with Crippen molar-refractivity contribution in [1.29, 1.82) is 0 Å². The van der Waals surface area contributed by atoms with Crippen LogP contribution in [0.4, 0.5) is 17.2 Å². The van der Waals surface area contributed by atoms with E-state index in [0.717, 1.165) is 39.8 Å². The highest BCUT2D eigenvalue weighted by Gasteiger charge is 2.28. The maximum Gasteiger partial charge on any atom is 0.340 e. The second-order valence-corrected chi connectivity index (χ2v) is 8.28. The third kappa shape index (κ3) is 3.76. The van der Waals surface area contributed by atoms with Crippen LogP contribution in [0.5, 0.6) is 0 Å². The maximum absolute atomic E-state index is 13.1. The highest BCUT2D eigenvalue weighted by atomic mass is 32.2. The summed E-state index contributed by atoms with van der Waals surface area (Å²) >= 11 is 1.62. The van der Waals surface area contributed by atoms with Gasteiger partial charge in [-0.05, 0) is 49.2 Å². The Hall–Kier alpha value is -3.32. The molecule has 6 nitrogen and oxygen atoms in total. The number of para-hydroxylation sites is 2. The lowest BCUT2D eigenvalue weighted by Gasteiger charge is -2.30. The first-order valence-electron chi connectivity index (χ1n) is 9.77. The lowest BCUT2D eigenvalue weighted by Crippen LogP contribution is -2.32. The highest BCUT2D eigenvalue weighted by molar-refractivity contribution is 7.99. The summed E-state index contributed by atoms with van der Waals surface area (Å²) in [6.45, 7) is -0.353. The van der Waals surface area contributed by atoms with Crippen molar-refractivity contribution in [3.8, 4) is 0 Å². The molecule has 7 heteroatoms. The van der Waals surface area contributed by atoms with Crippen molar-refractivity contribution in [1.82, 2.24) is 4.98 Å². The molecule has 2 aromatic carbocycles. The number of rotatable bonds is 5. The van der Waals surface area contributed by atoms with E-state index in [1.807, 2.05) is 48.5 Å². The quantitative estimate of drug-likeness (QED) is 0.610. The number of nitrogens with zero attached hydrogens (tertiary/aromatic N) is 2. The molecular weight excluding hydrogens is 398 g/mol. The van der Waals surface area contributed by atoms with Crippen LogP contribution in [0.25, 0.3) is 0 Å². The van der Waals surface area contributed by atoms with E-state index in [-0.39, 0.29) is 12.5 Å². The lowest BCUT2D eigenvalue weighted by atomic mass is 10.2. The van der Waals surface area contributed by atoms with Crippen LogP contribution in [0.1, 0.15) is 23.2 Å². The number of amides is 1. The molecule has 1 amide bonds. The van der Waals surface area contributed by atoms with Crippen molar-refractivity contribution in [2.75, 3.05) is 16.8 Å². The molecule has 1 fully saturated rings. The summed E-state index contributed by atoms with van der Waals surface area (Å²) in [7, 11) is 0. The number of carbonyl (C=O) groups is 2. The zero-order chi connectivity index (χ0) is 20.5. The predicted molar refractivity (Wildman–Crippen MR) is 115 cm³/mol. The van der Waals surface area contributed by atoms with Gasteiger partial charge < -0.3 is 10.1 Å². The van der Waals surface area contributed by atoms with Crippen molar-refractivity contribution >= 4 is 40.8 Å². The fourth-order valence-electron chi connectivity index (χ4n) is 3.29. The van der Waals surface area contributed by atoms with Crippen molar-refractivity contribution in [3.63, 3.8) is 0 Å². The standard InChI is InChI=1S/C23H19N3O3S/c27-22(14-29-23(28)15-9-12-21(24-13-15)25-16-10-11-16)26-17-5-1-3-7-19(17)30-20-8-4-2-6-18(20)26/h1-9,12-13,16H,10-11,14H2,(H,24,25). The molecule has 1 aliphatic heterocycles. The second kappa shape index (κ2) is 7.84. The first-order chi connectivity index (χ1) is 14.7. The molecule has 1 saturated carbocycles. The number of nitrogens with one attached hydrogen (secondary N) is 1. The summed E-state index contributed by atoms with van der Waals surface area (Å²) in [5.74, 6) is -0.130. The summed E-state index contributed by atoms with van der Waals surface area (Å²) in [6, 6.07) is 19.3. The average molecular weight is 417 g/mol. The number of hydrogen-bond donors (Lipinski definition) is 1. The summed E-state index contributed by atoms with van der Waals surface area (Å²) < 4.78 is 5.31. The topological polar surface area (TPSA) is 71.5 Å². The number of fused-ring (bicyclic) bond motifs is 2. The number of ether oxygens (including phenoxy) is 1. The Balaban J connectivity index is 1.30. The first-order valence-corrected chi connectivity index (χ1v) is 10.6. The van der Waals surface area contributed by atoms with Crippen molar-refractivity contribution in [2.45, 2.75) is 28.7 Å². The van der Waals surface area contributed by atoms with Crippen LogP contribution >= 0.6 is 11.8 Å². The number of anilines is 3. The van der Waals surface area contributed by atoms with E-state index in [1.165, 1.54) is 6.20 Å². The molecule has 5 rings (SSSR count). The van der Waals surface area contributed by atoms with Crippen molar-refractivity contribution in [2.24, 2.45) is 0 Å². The van der Waals surface area contributed by atoms with E-state index in [0.29, 0.717) is 11.6 Å². The van der Waals surface area contributed by atoms with E-state index in [4.69, 9.17) is 4.74 Å².